The van der Waals surface area contributed by atoms with Gasteiger partial charge in [-0.1, -0.05) is 35.4 Å². The van der Waals surface area contributed by atoms with Crippen molar-refractivity contribution in [3.05, 3.63) is 106 Å². The molecule has 0 aliphatic heterocycles. The topological polar surface area (TPSA) is 39.3 Å². The van der Waals surface area contributed by atoms with Crippen molar-refractivity contribution in [2.75, 3.05) is 0 Å². The minimum absolute atomic E-state index is 0. The second kappa shape index (κ2) is 9.85. The lowest BCUT2D eigenvalue weighted by molar-refractivity contribution is -0.971. The summed E-state index contributed by atoms with van der Waals surface area (Å²) in [5.41, 5.74) is 9.74. The molecule has 2 aromatic heterocycles. The monoisotopic (exact) mass is 640 g/mol. The summed E-state index contributed by atoms with van der Waals surface area (Å²) in [6.45, 7) is 13.2. The Bertz CT molecular complexity index is 1020. The number of aryl methyl sites for hydroxylation is 6. The molecule has 2 aromatic carbocycles. The quantitative estimate of drug-likeness (QED) is 0.193. The molecule has 0 bridgehead atoms. The van der Waals surface area contributed by atoms with Gasteiger partial charge in [0.05, 0.1) is 11.1 Å². The van der Waals surface area contributed by atoms with Crippen LogP contribution in [-0.2, 0) is 5.66 Å². The van der Waals surface area contributed by atoms with Crippen molar-refractivity contribution < 1.29 is 57.1 Å². The van der Waals surface area contributed by atoms with E-state index >= 15 is 0 Å². The molecule has 0 aliphatic carbocycles. The van der Waals surface area contributed by atoms with Crippen LogP contribution in [0.3, 0.4) is 0 Å². The average Bonchev–Trinajstić information content (AvgIpc) is 3.33. The van der Waals surface area contributed by atoms with Crippen molar-refractivity contribution in [3.63, 3.8) is 0 Å². The number of imidazole rings is 2. The van der Waals surface area contributed by atoms with E-state index in [9.17, 15) is 0 Å². The van der Waals surface area contributed by atoms with Gasteiger partial charge in [0.25, 0.3) is 0 Å². The lowest BCUT2D eigenvalue weighted by atomic mass is 9.79. The fourth-order valence-electron chi connectivity index (χ4n) is 5.22. The molecular formula is C25H30I2N4. The van der Waals surface area contributed by atoms with Gasteiger partial charge in [-0.3, -0.25) is 9.97 Å². The Labute approximate surface area is 219 Å². The lowest BCUT2D eigenvalue weighted by Crippen LogP contribution is -3.00. The van der Waals surface area contributed by atoms with Crippen LogP contribution < -0.4 is 57.1 Å². The van der Waals surface area contributed by atoms with Gasteiger partial charge in [0.1, 0.15) is 24.8 Å². The van der Waals surface area contributed by atoms with Gasteiger partial charge in [-0.15, -0.1) is 0 Å². The minimum atomic E-state index is -0.552. The number of nitrogens with one attached hydrogen (secondary N) is 2. The zero-order valence-corrected chi connectivity index (χ0v) is 23.2. The molecule has 4 nitrogen and oxygen atoms in total. The van der Waals surface area contributed by atoms with Crippen molar-refractivity contribution in [2.24, 2.45) is 0 Å². The molecule has 2 N–H and O–H groups in total. The first-order chi connectivity index (χ1) is 13.9. The molecule has 6 heteroatoms. The van der Waals surface area contributed by atoms with Crippen LogP contribution in [0.1, 0.15) is 44.5 Å². The summed E-state index contributed by atoms with van der Waals surface area (Å²) in [6, 6.07) is 9.15. The molecule has 0 saturated heterocycles. The van der Waals surface area contributed by atoms with Crippen molar-refractivity contribution in [2.45, 2.75) is 47.2 Å². The van der Waals surface area contributed by atoms with Gasteiger partial charge in [-0.2, -0.15) is 9.13 Å². The SMILES string of the molecule is Cc1cc(C)c(C(c2c(C)cc(C)cc2C)([n+]2cc[nH]c2)[n+]2cc[nH]c2)c(C)c1.[I-].[I-]. The Morgan fingerprint density at radius 2 is 0.903 bits per heavy atom. The number of rotatable bonds is 4. The maximum Gasteiger partial charge on any atom is 0.306 e. The summed E-state index contributed by atoms with van der Waals surface area (Å²) in [5.74, 6) is 0. The van der Waals surface area contributed by atoms with Crippen molar-refractivity contribution in [3.8, 4) is 0 Å². The van der Waals surface area contributed by atoms with E-state index in [2.05, 4.69) is 110 Å². The average molecular weight is 640 g/mol. The first kappa shape index (κ1) is 25.6. The van der Waals surface area contributed by atoms with Crippen LogP contribution in [0.25, 0.3) is 0 Å². The number of H-pyrrole nitrogens is 2. The molecule has 164 valence electrons. The van der Waals surface area contributed by atoms with Crippen molar-refractivity contribution in [1.82, 2.24) is 9.97 Å². The van der Waals surface area contributed by atoms with E-state index in [-0.39, 0.29) is 48.0 Å². The van der Waals surface area contributed by atoms with Gasteiger partial charge in [0, 0.05) is 0 Å². The molecule has 31 heavy (non-hydrogen) atoms. The molecule has 4 rings (SSSR count). The second-order valence-electron chi connectivity index (χ2n) is 8.26. The Morgan fingerprint density at radius 1 is 0.581 bits per heavy atom. The van der Waals surface area contributed by atoms with Crippen LogP contribution in [0.5, 0.6) is 0 Å². The Hall–Kier alpha value is -1.68. The van der Waals surface area contributed by atoms with E-state index in [1.807, 2.05) is 12.4 Å². The van der Waals surface area contributed by atoms with E-state index < -0.39 is 5.66 Å². The summed E-state index contributed by atoms with van der Waals surface area (Å²) in [4.78, 5) is 6.55. The van der Waals surface area contributed by atoms with Crippen LogP contribution >= 0.6 is 0 Å². The standard InChI is InChI=1S/C25H28N4.2HI/c1-17-11-19(3)23(20(4)12-17)25(28-9-7-26-15-28,29-10-8-27-16-29)24-21(5)13-18(2)14-22(24)6;;/h7-16H,1-6H3;2*1H. The van der Waals surface area contributed by atoms with Crippen molar-refractivity contribution >= 4 is 0 Å². The predicted molar refractivity (Wildman–Crippen MR) is 115 cm³/mol. The fourth-order valence-corrected chi connectivity index (χ4v) is 5.22. The molecule has 0 aliphatic rings. The Kier molecular flexibility index (Phi) is 8.13. The number of aromatic nitrogens is 4. The summed E-state index contributed by atoms with van der Waals surface area (Å²) < 4.78 is 4.58. The minimum Gasteiger partial charge on any atom is -1.00 e. The van der Waals surface area contributed by atoms with Gasteiger partial charge < -0.3 is 48.0 Å². The number of aromatic amines is 2. The van der Waals surface area contributed by atoms with Gasteiger partial charge in [0.15, 0.2) is 0 Å². The van der Waals surface area contributed by atoms with Crippen LogP contribution in [0.2, 0.25) is 0 Å². The third kappa shape index (κ3) is 4.20. The zero-order chi connectivity index (χ0) is 20.8. The van der Waals surface area contributed by atoms with Crippen LogP contribution in [0.15, 0.2) is 61.7 Å². The van der Waals surface area contributed by atoms with Crippen LogP contribution in [0, 0.1) is 41.5 Å². The Morgan fingerprint density at radius 3 is 1.16 bits per heavy atom. The highest BCUT2D eigenvalue weighted by Crippen LogP contribution is 2.36. The van der Waals surface area contributed by atoms with Gasteiger partial charge in [0.2, 0.25) is 12.7 Å². The highest BCUT2D eigenvalue weighted by Gasteiger charge is 2.51. The second-order valence-corrected chi connectivity index (χ2v) is 8.26. The van der Waals surface area contributed by atoms with Gasteiger partial charge in [-0.25, -0.2) is 0 Å². The normalized spacial score (nSPS) is 11.0. The van der Waals surface area contributed by atoms with E-state index in [1.54, 1.807) is 0 Å². The summed E-state index contributed by atoms with van der Waals surface area (Å²) >= 11 is 0. The molecule has 0 spiro atoms. The fraction of sp³-hybridized carbons (Fsp3) is 0.280. The number of halogens is 2. The summed E-state index contributed by atoms with van der Waals surface area (Å²) in [5, 5.41) is 0. The van der Waals surface area contributed by atoms with Crippen molar-refractivity contribution in [1.29, 1.82) is 0 Å². The first-order valence-corrected chi connectivity index (χ1v) is 10.1. The zero-order valence-electron chi connectivity index (χ0n) is 18.9. The molecule has 0 saturated carbocycles. The highest BCUT2D eigenvalue weighted by atomic mass is 127. The number of benzene rings is 2. The van der Waals surface area contributed by atoms with Gasteiger partial charge in [-0.05, 0) is 63.8 Å². The summed E-state index contributed by atoms with van der Waals surface area (Å²) in [6.07, 6.45) is 12.3. The van der Waals surface area contributed by atoms with Crippen LogP contribution in [-0.4, -0.2) is 9.97 Å². The van der Waals surface area contributed by atoms with E-state index in [4.69, 9.17) is 0 Å². The molecule has 0 fully saturated rings. The molecule has 0 amide bonds. The predicted octanol–water partition coefficient (Wildman–Crippen LogP) is -1.93. The molecule has 0 radical (unpaired) electrons. The molecule has 2 heterocycles. The van der Waals surface area contributed by atoms with E-state index in [0.29, 0.717) is 0 Å². The first-order valence-electron chi connectivity index (χ1n) is 10.1. The Balaban J connectivity index is 0.00000171. The lowest BCUT2D eigenvalue weighted by Gasteiger charge is -2.33. The number of nitrogens with zero attached hydrogens (tertiary/aromatic N) is 2. The van der Waals surface area contributed by atoms with E-state index in [0.717, 1.165) is 0 Å². The highest BCUT2D eigenvalue weighted by molar-refractivity contribution is 5.50. The molecule has 4 aromatic rings. The largest absolute Gasteiger partial charge is 1.00 e. The smallest absolute Gasteiger partial charge is 0.306 e. The number of hydrogen-bond donors (Lipinski definition) is 2. The number of hydrogen-bond acceptors (Lipinski definition) is 0. The molecular weight excluding hydrogens is 610 g/mol. The van der Waals surface area contributed by atoms with Crippen LogP contribution in [0.4, 0.5) is 0 Å². The molecule has 0 unspecified atom stereocenters. The maximum absolute atomic E-state index is 3.28. The van der Waals surface area contributed by atoms with Gasteiger partial charge >= 0.3 is 5.66 Å². The van der Waals surface area contributed by atoms with E-state index in [1.165, 1.54) is 44.5 Å². The third-order valence-electron chi connectivity index (χ3n) is 5.89. The summed E-state index contributed by atoms with van der Waals surface area (Å²) in [7, 11) is 0. The third-order valence-corrected chi connectivity index (χ3v) is 5.89. The maximum atomic E-state index is 3.28. The molecule has 0 atom stereocenters.